The summed E-state index contributed by atoms with van der Waals surface area (Å²) in [6.45, 7) is 2.05. The molecule has 5 nitrogen and oxygen atoms in total. The minimum Gasteiger partial charge on any atom is -0.417 e. The first-order valence-corrected chi connectivity index (χ1v) is 8.18. The second-order valence-corrected chi connectivity index (χ2v) is 6.50. The molecular formula is C16H25F2N3O2. The number of aryl methyl sites for hydroxylation is 1. The van der Waals surface area contributed by atoms with Crippen LogP contribution in [0.25, 0.3) is 0 Å². The molecule has 1 aliphatic rings. The Morgan fingerprint density at radius 2 is 2.13 bits per heavy atom. The van der Waals surface area contributed by atoms with E-state index in [0.717, 1.165) is 32.1 Å². The van der Waals surface area contributed by atoms with Gasteiger partial charge in [-0.15, -0.1) is 0 Å². The van der Waals surface area contributed by atoms with Gasteiger partial charge in [-0.25, -0.2) is 4.68 Å². The van der Waals surface area contributed by atoms with Crippen molar-refractivity contribution in [2.24, 2.45) is 13.0 Å². The molecule has 0 unspecified atom stereocenters. The van der Waals surface area contributed by atoms with Gasteiger partial charge < -0.3 is 9.64 Å². The monoisotopic (exact) mass is 329 g/mol. The number of hydrogen-bond acceptors (Lipinski definition) is 3. The van der Waals surface area contributed by atoms with Gasteiger partial charge in [0.2, 0.25) is 5.88 Å². The molecule has 0 spiro atoms. The second-order valence-electron chi connectivity index (χ2n) is 6.50. The lowest BCUT2D eigenvalue weighted by molar-refractivity contribution is -0.0553. The van der Waals surface area contributed by atoms with Crippen molar-refractivity contribution in [3.8, 4) is 5.88 Å². The highest BCUT2D eigenvalue weighted by Crippen LogP contribution is 2.25. The lowest BCUT2D eigenvalue weighted by Gasteiger charge is -2.30. The molecule has 1 aromatic heterocycles. The van der Waals surface area contributed by atoms with Gasteiger partial charge in [-0.3, -0.25) is 4.79 Å². The Bertz CT molecular complexity index is 531. The molecule has 0 aliphatic carbocycles. The van der Waals surface area contributed by atoms with Crippen LogP contribution in [0.15, 0.2) is 6.07 Å². The standard InChI is InChI=1S/C16H25F2N3O2/c1-11(2)9-12-7-5-4-6-8-21(12)15(22)13-10-14(20(3)19-13)23-16(17)18/h10-12,16H,4-9H2,1-3H3/t12-/m1/s1. The zero-order valence-electron chi connectivity index (χ0n) is 14.0. The second kappa shape index (κ2) is 7.75. The summed E-state index contributed by atoms with van der Waals surface area (Å²) in [5, 5.41) is 4.05. The maximum absolute atomic E-state index is 12.8. The average Bonchev–Trinajstić information content (AvgIpc) is 2.68. The number of carbonyl (C=O) groups excluding carboxylic acids is 1. The average molecular weight is 329 g/mol. The molecule has 1 aromatic rings. The molecule has 1 amide bonds. The molecule has 2 heterocycles. The first-order chi connectivity index (χ1) is 10.9. The van der Waals surface area contributed by atoms with E-state index in [-0.39, 0.29) is 23.5 Å². The van der Waals surface area contributed by atoms with E-state index < -0.39 is 6.61 Å². The number of ether oxygens (including phenoxy) is 1. The van der Waals surface area contributed by atoms with Crippen LogP contribution in [-0.2, 0) is 7.05 Å². The predicted molar refractivity (Wildman–Crippen MR) is 82.6 cm³/mol. The molecule has 0 aromatic carbocycles. The van der Waals surface area contributed by atoms with Gasteiger partial charge in [-0.2, -0.15) is 13.9 Å². The van der Waals surface area contributed by atoms with E-state index in [2.05, 4.69) is 23.7 Å². The minimum atomic E-state index is -2.93. The van der Waals surface area contributed by atoms with E-state index in [1.807, 2.05) is 4.90 Å². The molecule has 7 heteroatoms. The van der Waals surface area contributed by atoms with Crippen molar-refractivity contribution >= 4 is 5.91 Å². The molecule has 0 N–H and O–H groups in total. The van der Waals surface area contributed by atoms with Crippen LogP contribution < -0.4 is 4.74 Å². The topological polar surface area (TPSA) is 47.4 Å². The summed E-state index contributed by atoms with van der Waals surface area (Å²) in [5.74, 6) is 0.200. The van der Waals surface area contributed by atoms with Gasteiger partial charge in [-0.05, 0) is 25.2 Å². The fourth-order valence-corrected chi connectivity index (χ4v) is 3.14. The largest absolute Gasteiger partial charge is 0.417 e. The van der Waals surface area contributed by atoms with Crippen LogP contribution in [0, 0.1) is 5.92 Å². The maximum Gasteiger partial charge on any atom is 0.388 e. The van der Waals surface area contributed by atoms with Gasteiger partial charge in [-0.1, -0.05) is 26.7 Å². The van der Waals surface area contributed by atoms with Crippen LogP contribution in [0.4, 0.5) is 8.78 Å². The van der Waals surface area contributed by atoms with Crippen LogP contribution in [0.2, 0.25) is 0 Å². The smallest absolute Gasteiger partial charge is 0.388 e. The van der Waals surface area contributed by atoms with Crippen LogP contribution in [0.3, 0.4) is 0 Å². The number of rotatable bonds is 5. The summed E-state index contributed by atoms with van der Waals surface area (Å²) in [7, 11) is 1.49. The SMILES string of the molecule is CC(C)C[C@H]1CCCCCN1C(=O)c1cc(OC(F)F)n(C)n1. The summed E-state index contributed by atoms with van der Waals surface area (Å²) in [5.41, 5.74) is 0.166. The van der Waals surface area contributed by atoms with Gasteiger partial charge in [0.1, 0.15) is 0 Å². The summed E-state index contributed by atoms with van der Waals surface area (Å²) in [4.78, 5) is 14.7. The number of hydrogen-bond donors (Lipinski definition) is 0. The molecule has 1 fully saturated rings. The molecule has 1 aliphatic heterocycles. The van der Waals surface area contributed by atoms with Gasteiger partial charge in [0, 0.05) is 25.7 Å². The van der Waals surface area contributed by atoms with E-state index >= 15 is 0 Å². The quantitative estimate of drug-likeness (QED) is 0.831. The molecule has 0 bridgehead atoms. The number of halogens is 2. The lowest BCUT2D eigenvalue weighted by Crippen LogP contribution is -2.41. The highest BCUT2D eigenvalue weighted by atomic mass is 19.3. The van der Waals surface area contributed by atoms with E-state index in [9.17, 15) is 13.6 Å². The third kappa shape index (κ3) is 4.65. The maximum atomic E-state index is 12.8. The van der Waals surface area contributed by atoms with E-state index in [0.29, 0.717) is 12.5 Å². The Morgan fingerprint density at radius 3 is 2.78 bits per heavy atom. The van der Waals surface area contributed by atoms with Crippen molar-refractivity contribution < 1.29 is 18.3 Å². The summed E-state index contributed by atoms with van der Waals surface area (Å²) in [6.07, 6.45) is 5.12. The number of carbonyl (C=O) groups is 1. The fourth-order valence-electron chi connectivity index (χ4n) is 3.14. The fraction of sp³-hybridized carbons (Fsp3) is 0.750. The zero-order chi connectivity index (χ0) is 17.0. The van der Waals surface area contributed by atoms with Crippen molar-refractivity contribution in [2.75, 3.05) is 6.54 Å². The van der Waals surface area contributed by atoms with Crippen LogP contribution >= 0.6 is 0 Å². The number of amides is 1. The normalized spacial score (nSPS) is 19.3. The third-order valence-electron chi connectivity index (χ3n) is 4.15. The minimum absolute atomic E-state index is 0.0985. The van der Waals surface area contributed by atoms with Crippen molar-refractivity contribution in [1.82, 2.24) is 14.7 Å². The number of likely N-dealkylation sites (tertiary alicyclic amines) is 1. The Kier molecular flexibility index (Phi) is 5.96. The first kappa shape index (κ1) is 17.7. The molecule has 0 saturated carbocycles. The van der Waals surface area contributed by atoms with Gasteiger partial charge in [0.25, 0.3) is 5.91 Å². The zero-order valence-corrected chi connectivity index (χ0v) is 14.0. The van der Waals surface area contributed by atoms with Gasteiger partial charge >= 0.3 is 6.61 Å². The van der Waals surface area contributed by atoms with Crippen molar-refractivity contribution in [2.45, 2.75) is 58.6 Å². The summed E-state index contributed by atoms with van der Waals surface area (Å²) < 4.78 is 30.3. The van der Waals surface area contributed by atoms with E-state index in [1.165, 1.54) is 17.8 Å². The summed E-state index contributed by atoms with van der Waals surface area (Å²) in [6, 6.07) is 1.48. The number of alkyl halides is 2. The first-order valence-electron chi connectivity index (χ1n) is 8.18. The van der Waals surface area contributed by atoms with Gasteiger partial charge in [0.15, 0.2) is 5.69 Å². The third-order valence-corrected chi connectivity index (χ3v) is 4.15. The van der Waals surface area contributed by atoms with E-state index in [1.54, 1.807) is 0 Å². The Balaban J connectivity index is 2.18. The molecular weight excluding hydrogens is 304 g/mol. The molecule has 1 saturated heterocycles. The van der Waals surface area contributed by atoms with Crippen LogP contribution in [0.5, 0.6) is 5.88 Å². The molecule has 0 radical (unpaired) electrons. The molecule has 2 rings (SSSR count). The van der Waals surface area contributed by atoms with Gasteiger partial charge in [0.05, 0.1) is 0 Å². The highest BCUT2D eigenvalue weighted by Gasteiger charge is 2.29. The Labute approximate surface area is 135 Å². The number of aromatic nitrogens is 2. The van der Waals surface area contributed by atoms with Crippen LogP contribution in [0.1, 0.15) is 56.4 Å². The number of nitrogens with zero attached hydrogens (tertiary/aromatic N) is 3. The molecule has 1 atom stereocenters. The van der Waals surface area contributed by atoms with Crippen molar-refractivity contribution in [3.05, 3.63) is 11.8 Å². The van der Waals surface area contributed by atoms with Crippen molar-refractivity contribution in [1.29, 1.82) is 0 Å². The van der Waals surface area contributed by atoms with E-state index in [4.69, 9.17) is 0 Å². The molecule has 130 valence electrons. The Morgan fingerprint density at radius 1 is 1.39 bits per heavy atom. The lowest BCUT2D eigenvalue weighted by atomic mass is 9.98. The highest BCUT2D eigenvalue weighted by molar-refractivity contribution is 5.92. The summed E-state index contributed by atoms with van der Waals surface area (Å²) >= 11 is 0. The van der Waals surface area contributed by atoms with Crippen molar-refractivity contribution in [3.63, 3.8) is 0 Å². The predicted octanol–water partition coefficient (Wildman–Crippen LogP) is 3.45. The molecule has 23 heavy (non-hydrogen) atoms. The Hall–Kier alpha value is -1.66. The van der Waals surface area contributed by atoms with Crippen LogP contribution in [-0.4, -0.2) is 39.8 Å².